The van der Waals surface area contributed by atoms with Crippen LogP contribution in [0.2, 0.25) is 0 Å². The predicted molar refractivity (Wildman–Crippen MR) is 167 cm³/mol. The van der Waals surface area contributed by atoms with Crippen molar-refractivity contribution in [3.63, 3.8) is 0 Å². The van der Waals surface area contributed by atoms with Gasteiger partial charge in [-0.1, -0.05) is 74.5 Å². The van der Waals surface area contributed by atoms with Crippen molar-refractivity contribution in [2.24, 2.45) is 12.5 Å². The Hall–Kier alpha value is -3.35. The van der Waals surface area contributed by atoms with E-state index in [1.807, 2.05) is 25.6 Å². The highest BCUT2D eigenvalue weighted by Gasteiger charge is 2.33. The van der Waals surface area contributed by atoms with Crippen LogP contribution in [-0.2, 0) is 19.9 Å². The smallest absolute Gasteiger partial charge is 0.231 e. The van der Waals surface area contributed by atoms with Crippen molar-refractivity contribution in [1.82, 2.24) is 0 Å². The van der Waals surface area contributed by atoms with E-state index in [1.54, 1.807) is 0 Å². The predicted octanol–water partition coefficient (Wildman–Crippen LogP) is 9.55. The molecule has 3 heteroatoms. The molecular weight excluding hydrogens is 492 g/mol. The lowest BCUT2D eigenvalue weighted by Gasteiger charge is -2.28. The Morgan fingerprint density at radius 2 is 1.62 bits per heavy atom. The summed E-state index contributed by atoms with van der Waals surface area (Å²) < 4.78 is 2.33. The van der Waals surface area contributed by atoms with E-state index in [-0.39, 0.29) is 5.41 Å². The summed E-state index contributed by atoms with van der Waals surface area (Å²) in [6.45, 7) is 23.2. The summed E-state index contributed by atoms with van der Waals surface area (Å²) in [5, 5.41) is 7.97. The molecular formula is C36H37N2S+. The molecule has 0 N–H and O–H groups in total. The molecule has 0 atom stereocenters. The number of aryl methyl sites for hydroxylation is 3. The monoisotopic (exact) mass is 529 g/mol. The zero-order valence-electron chi connectivity index (χ0n) is 24.4. The van der Waals surface area contributed by atoms with Crippen LogP contribution in [0.3, 0.4) is 0 Å². The van der Waals surface area contributed by atoms with Crippen LogP contribution in [0.25, 0.3) is 48.4 Å². The van der Waals surface area contributed by atoms with Gasteiger partial charge in [0.2, 0.25) is 11.2 Å². The molecule has 0 aliphatic carbocycles. The molecule has 0 fully saturated rings. The van der Waals surface area contributed by atoms with Crippen LogP contribution < -0.4 is 4.57 Å². The van der Waals surface area contributed by atoms with Crippen LogP contribution in [0.4, 0.5) is 0 Å². The van der Waals surface area contributed by atoms with Gasteiger partial charge in [-0.25, -0.2) is 11.1 Å². The number of benzene rings is 4. The summed E-state index contributed by atoms with van der Waals surface area (Å²) in [5.41, 5.74) is 7.86. The highest BCUT2D eigenvalue weighted by atomic mass is 32.2. The maximum Gasteiger partial charge on any atom is 0.231 e. The minimum Gasteiger partial charge on any atom is -0.311 e. The van der Waals surface area contributed by atoms with Gasteiger partial charge in [-0.15, -0.1) is 0 Å². The van der Waals surface area contributed by atoms with Gasteiger partial charge in [-0.3, -0.25) is 0 Å². The highest BCUT2D eigenvalue weighted by molar-refractivity contribution is 8.00. The van der Waals surface area contributed by atoms with Gasteiger partial charge in [0, 0.05) is 35.1 Å². The van der Waals surface area contributed by atoms with Crippen LogP contribution >= 0.6 is 11.8 Å². The van der Waals surface area contributed by atoms with E-state index in [9.17, 15) is 0 Å². The molecule has 0 bridgehead atoms. The normalized spacial score (nSPS) is 13.2. The first-order chi connectivity index (χ1) is 18.4. The fourth-order valence-corrected chi connectivity index (χ4v) is 7.72. The molecule has 5 aromatic rings. The van der Waals surface area contributed by atoms with Crippen molar-refractivity contribution >= 4 is 44.1 Å². The van der Waals surface area contributed by atoms with E-state index < -0.39 is 5.54 Å². The quantitative estimate of drug-likeness (QED) is 0.126. The third-order valence-corrected chi connectivity index (χ3v) is 9.34. The molecule has 4 aromatic carbocycles. The Labute approximate surface area is 236 Å². The number of nitrogens with zero attached hydrogens (tertiary/aromatic N) is 2. The minimum atomic E-state index is -0.402. The van der Waals surface area contributed by atoms with Crippen LogP contribution in [0.5, 0.6) is 0 Å². The fourth-order valence-electron chi connectivity index (χ4n) is 6.35. The lowest BCUT2D eigenvalue weighted by Crippen LogP contribution is -2.32. The summed E-state index contributed by atoms with van der Waals surface area (Å²) in [6.07, 6.45) is 4.02. The SMILES string of the molecule is [C-]#[N+]C(C)(C)Cc1ccc2cc3c4c([n+](C)ccc4c2c1)-c1c(c(CC(C)(C)C)c2ccc(C)cc2c1C)S3. The molecule has 2 heterocycles. The summed E-state index contributed by atoms with van der Waals surface area (Å²) in [5.74, 6) is 0. The second-order valence-corrected chi connectivity index (χ2v) is 14.3. The number of aromatic nitrogens is 1. The van der Waals surface area contributed by atoms with Crippen LogP contribution in [0.15, 0.2) is 64.5 Å². The Morgan fingerprint density at radius 3 is 2.33 bits per heavy atom. The summed E-state index contributed by atoms with van der Waals surface area (Å²) in [6, 6.07) is 18.5. The molecule has 39 heavy (non-hydrogen) atoms. The number of hydrogen-bond acceptors (Lipinski definition) is 1. The zero-order chi connectivity index (χ0) is 27.9. The number of hydrogen-bond donors (Lipinski definition) is 0. The molecule has 1 aromatic heterocycles. The third-order valence-electron chi connectivity index (χ3n) is 8.14. The van der Waals surface area contributed by atoms with Crippen LogP contribution in [0.1, 0.15) is 56.9 Å². The molecule has 0 unspecified atom stereocenters. The fraction of sp³-hybridized carbons (Fsp3) is 0.333. The van der Waals surface area contributed by atoms with Gasteiger partial charge < -0.3 is 4.85 Å². The molecule has 0 saturated carbocycles. The second kappa shape index (κ2) is 8.83. The van der Waals surface area contributed by atoms with Crippen molar-refractivity contribution < 1.29 is 4.57 Å². The van der Waals surface area contributed by atoms with E-state index in [4.69, 9.17) is 6.57 Å². The van der Waals surface area contributed by atoms with Crippen molar-refractivity contribution in [3.8, 4) is 11.3 Å². The van der Waals surface area contributed by atoms with Gasteiger partial charge in [0.1, 0.15) is 7.05 Å². The molecule has 2 nitrogen and oxygen atoms in total. The molecule has 0 saturated heterocycles. The van der Waals surface area contributed by atoms with Gasteiger partial charge in [0.05, 0.1) is 17.4 Å². The van der Waals surface area contributed by atoms with E-state index in [1.165, 1.54) is 75.6 Å². The zero-order valence-corrected chi connectivity index (χ0v) is 25.2. The van der Waals surface area contributed by atoms with E-state index in [2.05, 4.69) is 106 Å². The molecule has 0 spiro atoms. The maximum atomic E-state index is 7.61. The van der Waals surface area contributed by atoms with Gasteiger partial charge >= 0.3 is 0 Å². The summed E-state index contributed by atoms with van der Waals surface area (Å²) in [4.78, 5) is 6.62. The number of rotatable bonds is 3. The first-order valence-corrected chi connectivity index (χ1v) is 14.7. The Morgan fingerprint density at radius 1 is 0.846 bits per heavy atom. The topological polar surface area (TPSA) is 8.24 Å². The van der Waals surface area contributed by atoms with E-state index >= 15 is 0 Å². The number of pyridine rings is 1. The summed E-state index contributed by atoms with van der Waals surface area (Å²) >= 11 is 1.96. The van der Waals surface area contributed by atoms with Crippen LogP contribution in [-0.4, -0.2) is 5.54 Å². The largest absolute Gasteiger partial charge is 0.311 e. The van der Waals surface area contributed by atoms with Crippen molar-refractivity contribution in [3.05, 3.63) is 88.4 Å². The van der Waals surface area contributed by atoms with Gasteiger partial charge in [0.15, 0.2) is 6.20 Å². The van der Waals surface area contributed by atoms with Crippen molar-refractivity contribution in [2.45, 2.75) is 76.6 Å². The van der Waals surface area contributed by atoms with Gasteiger partial charge in [-0.05, 0) is 70.0 Å². The van der Waals surface area contributed by atoms with Gasteiger partial charge in [0.25, 0.3) is 0 Å². The van der Waals surface area contributed by atoms with Gasteiger partial charge in [-0.2, -0.15) is 0 Å². The van der Waals surface area contributed by atoms with Crippen molar-refractivity contribution in [2.75, 3.05) is 0 Å². The average molecular weight is 530 g/mol. The number of fused-ring (bicyclic) bond motifs is 5. The molecule has 196 valence electrons. The molecule has 6 rings (SSSR count). The average Bonchev–Trinajstić information content (AvgIpc) is 2.87. The molecule has 1 aliphatic heterocycles. The maximum absolute atomic E-state index is 7.61. The first kappa shape index (κ1) is 25.9. The second-order valence-electron chi connectivity index (χ2n) is 13.3. The molecule has 0 amide bonds. The standard InChI is InChI=1S/C36H37N2S/c1-21-10-13-25-27(16-21)22(2)31-33-32-26(14-15-38(33)9)28-17-23(19-36(6,7)37-8)11-12-24(28)18-30(32)39-34(31)29(25)20-35(3,4)5/h10-18H,19-20H2,1-7,9H3/q+1. The minimum absolute atomic E-state index is 0.175. The van der Waals surface area contributed by atoms with Crippen LogP contribution in [0, 0.1) is 25.8 Å². The van der Waals surface area contributed by atoms with E-state index in [0.717, 1.165) is 12.8 Å². The van der Waals surface area contributed by atoms with Crippen molar-refractivity contribution in [1.29, 1.82) is 0 Å². The Bertz CT molecular complexity index is 1880. The lowest BCUT2D eigenvalue weighted by molar-refractivity contribution is -0.659. The Balaban J connectivity index is 1.71. The lowest BCUT2D eigenvalue weighted by atomic mass is 9.82. The third kappa shape index (κ3) is 4.30. The summed E-state index contributed by atoms with van der Waals surface area (Å²) in [7, 11) is 2.19. The molecule has 0 radical (unpaired) electrons. The Kier molecular flexibility index (Phi) is 5.87. The highest BCUT2D eigenvalue weighted by Crippen LogP contribution is 2.53. The van der Waals surface area contributed by atoms with E-state index in [0.29, 0.717) is 0 Å². The molecule has 1 aliphatic rings. The first-order valence-electron chi connectivity index (χ1n) is 13.9.